The molecule has 0 fully saturated rings. The molecular formula is C17H19OP. The van der Waals surface area contributed by atoms with Gasteiger partial charge in [0.05, 0.1) is 0 Å². The fourth-order valence-electron chi connectivity index (χ4n) is 2.32. The molecule has 98 valence electrons. The average molecular weight is 270 g/mol. The minimum atomic E-state index is -2.62. The summed E-state index contributed by atoms with van der Waals surface area (Å²) in [6.07, 6.45) is 4.00. The number of hydrogen-bond acceptors (Lipinski definition) is 1. The van der Waals surface area contributed by atoms with Crippen LogP contribution in [0.25, 0.3) is 0 Å². The van der Waals surface area contributed by atoms with Crippen LogP contribution in [0.2, 0.25) is 0 Å². The van der Waals surface area contributed by atoms with Gasteiger partial charge in [-0.05, 0) is 6.92 Å². The van der Waals surface area contributed by atoms with E-state index in [0.29, 0.717) is 0 Å². The minimum Gasteiger partial charge on any atom is -0.313 e. The van der Waals surface area contributed by atoms with E-state index in [4.69, 9.17) is 0 Å². The second kappa shape index (κ2) is 6.04. The van der Waals surface area contributed by atoms with Gasteiger partial charge in [0, 0.05) is 16.3 Å². The van der Waals surface area contributed by atoms with Crippen molar-refractivity contribution in [3.8, 4) is 0 Å². The average Bonchev–Trinajstić information content (AvgIpc) is 2.48. The molecule has 2 rings (SSSR count). The Kier molecular flexibility index (Phi) is 4.39. The van der Waals surface area contributed by atoms with Crippen molar-refractivity contribution >= 4 is 17.8 Å². The lowest BCUT2D eigenvalue weighted by atomic mass is 10.4. The van der Waals surface area contributed by atoms with Crippen LogP contribution in [0.1, 0.15) is 13.8 Å². The van der Waals surface area contributed by atoms with Crippen LogP contribution in [-0.2, 0) is 4.57 Å². The summed E-state index contributed by atoms with van der Waals surface area (Å²) in [7, 11) is -2.62. The van der Waals surface area contributed by atoms with E-state index in [1.807, 2.05) is 86.7 Å². The molecule has 0 aliphatic heterocycles. The largest absolute Gasteiger partial charge is 0.313 e. The Hall–Kier alpha value is -1.59. The zero-order chi connectivity index (χ0) is 13.7. The maximum absolute atomic E-state index is 13.7. The molecule has 1 nitrogen and oxygen atoms in total. The first kappa shape index (κ1) is 13.8. The van der Waals surface area contributed by atoms with Crippen molar-refractivity contribution in [2.45, 2.75) is 19.5 Å². The highest BCUT2D eigenvalue weighted by Crippen LogP contribution is 2.48. The topological polar surface area (TPSA) is 17.1 Å². The summed E-state index contributed by atoms with van der Waals surface area (Å²) < 4.78 is 13.7. The Morgan fingerprint density at radius 3 is 1.68 bits per heavy atom. The maximum atomic E-state index is 13.7. The van der Waals surface area contributed by atoms with Gasteiger partial charge < -0.3 is 4.57 Å². The molecule has 0 spiro atoms. The van der Waals surface area contributed by atoms with E-state index >= 15 is 0 Å². The molecule has 0 amide bonds. The van der Waals surface area contributed by atoms with Crippen molar-refractivity contribution in [2.75, 3.05) is 0 Å². The van der Waals surface area contributed by atoms with Crippen molar-refractivity contribution in [3.05, 3.63) is 72.8 Å². The van der Waals surface area contributed by atoms with Crippen molar-refractivity contribution in [3.63, 3.8) is 0 Å². The van der Waals surface area contributed by atoms with Gasteiger partial charge in [0.25, 0.3) is 0 Å². The summed E-state index contributed by atoms with van der Waals surface area (Å²) >= 11 is 0. The van der Waals surface area contributed by atoms with E-state index < -0.39 is 7.14 Å². The molecule has 2 aromatic rings. The molecule has 19 heavy (non-hydrogen) atoms. The highest BCUT2D eigenvalue weighted by atomic mass is 31.2. The smallest absolute Gasteiger partial charge is 0.149 e. The molecular weight excluding hydrogens is 251 g/mol. The molecule has 0 radical (unpaired) electrons. The van der Waals surface area contributed by atoms with Crippen molar-refractivity contribution in [1.82, 2.24) is 0 Å². The second-order valence-electron chi connectivity index (χ2n) is 4.60. The van der Waals surface area contributed by atoms with E-state index in [-0.39, 0.29) is 5.66 Å². The normalized spacial score (nSPS) is 13.6. The minimum absolute atomic E-state index is 0.00213. The van der Waals surface area contributed by atoms with Crippen molar-refractivity contribution < 1.29 is 4.57 Å². The van der Waals surface area contributed by atoms with Crippen LogP contribution in [-0.4, -0.2) is 5.66 Å². The molecule has 0 N–H and O–H groups in total. The van der Waals surface area contributed by atoms with E-state index in [0.717, 1.165) is 10.6 Å². The Morgan fingerprint density at radius 2 is 1.32 bits per heavy atom. The standard InChI is InChI=1S/C17H19OP/c1-3-10-15(2)19(18,16-11-6-4-7-12-16)17-13-8-5-9-14-17/h3-15H,1-2H3/b10-3+. The lowest BCUT2D eigenvalue weighted by Crippen LogP contribution is -2.22. The van der Waals surface area contributed by atoms with Crippen molar-refractivity contribution in [1.29, 1.82) is 0 Å². The number of hydrogen-bond donors (Lipinski definition) is 0. The van der Waals surface area contributed by atoms with Gasteiger partial charge in [-0.1, -0.05) is 79.7 Å². The Labute approximate surface area is 115 Å². The number of allylic oxidation sites excluding steroid dienone is 2. The van der Waals surface area contributed by atoms with Gasteiger partial charge >= 0.3 is 0 Å². The van der Waals surface area contributed by atoms with Crippen LogP contribution in [0.4, 0.5) is 0 Å². The Bertz CT molecular complexity index is 544. The van der Waals surface area contributed by atoms with Gasteiger partial charge in [0.1, 0.15) is 7.14 Å². The third-order valence-electron chi connectivity index (χ3n) is 3.32. The molecule has 2 aromatic carbocycles. The van der Waals surface area contributed by atoms with Crippen LogP contribution in [0.15, 0.2) is 72.8 Å². The Balaban J connectivity index is 2.61. The third-order valence-corrected chi connectivity index (χ3v) is 6.77. The summed E-state index contributed by atoms with van der Waals surface area (Å²) in [5.41, 5.74) is 0.00213. The highest BCUT2D eigenvalue weighted by Gasteiger charge is 2.31. The molecule has 0 bridgehead atoms. The van der Waals surface area contributed by atoms with Gasteiger partial charge in [-0.15, -0.1) is 0 Å². The SMILES string of the molecule is C/C=C/C(C)P(=O)(c1ccccc1)c1ccccc1. The van der Waals surface area contributed by atoms with Gasteiger partial charge in [0.2, 0.25) is 0 Å². The summed E-state index contributed by atoms with van der Waals surface area (Å²) in [4.78, 5) is 0. The molecule has 0 heterocycles. The summed E-state index contributed by atoms with van der Waals surface area (Å²) in [6, 6.07) is 19.6. The van der Waals surface area contributed by atoms with Crippen LogP contribution in [0.5, 0.6) is 0 Å². The first-order valence-corrected chi connectivity index (χ1v) is 8.31. The molecule has 1 unspecified atom stereocenters. The first-order valence-electron chi connectivity index (χ1n) is 6.53. The lowest BCUT2D eigenvalue weighted by molar-refractivity contribution is 0.584. The molecule has 0 aromatic heterocycles. The van der Waals surface area contributed by atoms with Gasteiger partial charge in [-0.25, -0.2) is 0 Å². The van der Waals surface area contributed by atoms with E-state index in [2.05, 4.69) is 0 Å². The molecule has 0 saturated carbocycles. The van der Waals surface area contributed by atoms with E-state index in [1.54, 1.807) is 0 Å². The van der Waals surface area contributed by atoms with E-state index in [1.165, 1.54) is 0 Å². The zero-order valence-electron chi connectivity index (χ0n) is 11.4. The molecule has 2 heteroatoms. The van der Waals surface area contributed by atoms with Gasteiger partial charge in [0.15, 0.2) is 0 Å². The fraction of sp³-hybridized carbons (Fsp3) is 0.176. The summed E-state index contributed by atoms with van der Waals surface area (Å²) in [5, 5.41) is 1.85. The van der Waals surface area contributed by atoms with Crippen LogP contribution < -0.4 is 10.6 Å². The summed E-state index contributed by atoms with van der Waals surface area (Å²) in [6.45, 7) is 4.00. The summed E-state index contributed by atoms with van der Waals surface area (Å²) in [5.74, 6) is 0. The molecule has 0 saturated heterocycles. The lowest BCUT2D eigenvalue weighted by Gasteiger charge is -2.23. The van der Waals surface area contributed by atoms with Gasteiger partial charge in [-0.3, -0.25) is 0 Å². The van der Waals surface area contributed by atoms with Crippen LogP contribution in [0.3, 0.4) is 0 Å². The molecule has 0 aliphatic rings. The van der Waals surface area contributed by atoms with Crippen molar-refractivity contribution in [2.24, 2.45) is 0 Å². The third kappa shape index (κ3) is 2.72. The van der Waals surface area contributed by atoms with Gasteiger partial charge in [-0.2, -0.15) is 0 Å². The predicted molar refractivity (Wildman–Crippen MR) is 84.0 cm³/mol. The van der Waals surface area contributed by atoms with Crippen LogP contribution >= 0.6 is 7.14 Å². The second-order valence-corrected chi connectivity index (χ2v) is 7.76. The zero-order valence-corrected chi connectivity index (χ0v) is 12.3. The number of benzene rings is 2. The maximum Gasteiger partial charge on any atom is 0.149 e. The number of rotatable bonds is 4. The fourth-order valence-corrected chi connectivity index (χ4v) is 5.20. The first-order chi connectivity index (χ1) is 9.19. The van der Waals surface area contributed by atoms with E-state index in [9.17, 15) is 4.57 Å². The molecule has 1 atom stereocenters. The Morgan fingerprint density at radius 1 is 0.895 bits per heavy atom. The predicted octanol–water partition coefficient (Wildman–Crippen LogP) is 3.97. The monoisotopic (exact) mass is 270 g/mol. The highest BCUT2D eigenvalue weighted by molar-refractivity contribution is 7.79. The van der Waals surface area contributed by atoms with Crippen LogP contribution in [0, 0.1) is 0 Å². The molecule has 0 aliphatic carbocycles. The quantitative estimate of drug-likeness (QED) is 0.607.